The molecule has 2 aromatic heterocycles. The minimum absolute atomic E-state index is 0.00316. The molecule has 0 spiro atoms. The highest BCUT2D eigenvalue weighted by atomic mass is 28.3. The van der Waals surface area contributed by atoms with Crippen molar-refractivity contribution in [2.24, 2.45) is 5.92 Å². The molecule has 0 radical (unpaired) electrons. The lowest BCUT2D eigenvalue weighted by molar-refractivity contribution is 0.0919. The number of pyridine rings is 1. The van der Waals surface area contributed by atoms with Gasteiger partial charge in [0, 0.05) is 36.2 Å². The minimum Gasteiger partial charge on any atom is -0.396 e. The SMILES string of the molecule is CC(C)(C)[SiH](c1ccccc1)c1ccccc1.Nc1cc(-c2[nH]c3c(c2Nc2ccccc2)C(=O)CC(CO)C3)ccn1. The number of benzene rings is 3. The molecule has 7 heteroatoms. The predicted molar refractivity (Wildman–Crippen MR) is 180 cm³/mol. The van der Waals surface area contributed by atoms with E-state index in [1.807, 2.05) is 36.4 Å². The van der Waals surface area contributed by atoms with Gasteiger partial charge in [-0.1, -0.05) is 110 Å². The summed E-state index contributed by atoms with van der Waals surface area (Å²) in [6.07, 6.45) is 2.64. The second-order valence-electron chi connectivity index (χ2n) is 12.2. The van der Waals surface area contributed by atoms with Crippen LogP contribution >= 0.6 is 0 Å². The smallest absolute Gasteiger partial charge is 0.167 e. The van der Waals surface area contributed by atoms with Crippen LogP contribution in [0, 0.1) is 5.92 Å². The summed E-state index contributed by atoms with van der Waals surface area (Å²) >= 11 is 0. The average molecular weight is 589 g/mol. The van der Waals surface area contributed by atoms with E-state index in [-0.39, 0.29) is 18.3 Å². The van der Waals surface area contributed by atoms with Crippen LogP contribution in [0.4, 0.5) is 17.2 Å². The summed E-state index contributed by atoms with van der Waals surface area (Å²) in [4.78, 5) is 20.2. The lowest BCUT2D eigenvalue weighted by Crippen LogP contribution is -2.48. The van der Waals surface area contributed by atoms with E-state index >= 15 is 0 Å². The summed E-state index contributed by atoms with van der Waals surface area (Å²) in [6.45, 7) is 7.10. The Morgan fingerprint density at radius 3 is 2.02 bits per heavy atom. The van der Waals surface area contributed by atoms with E-state index in [0.717, 1.165) is 28.3 Å². The number of aromatic nitrogens is 2. The van der Waals surface area contributed by atoms with E-state index < -0.39 is 8.80 Å². The first kappa shape index (κ1) is 30.0. The number of H-pyrrole nitrogens is 1. The van der Waals surface area contributed by atoms with E-state index in [2.05, 4.69) is 96.7 Å². The van der Waals surface area contributed by atoms with Gasteiger partial charge in [-0.05, 0) is 41.6 Å². The molecule has 6 rings (SSSR count). The van der Waals surface area contributed by atoms with Crippen LogP contribution in [-0.4, -0.2) is 36.3 Å². The first-order chi connectivity index (χ1) is 20.7. The number of Topliss-reactive ketones (excluding diaryl/α,β-unsaturated/α-hetero) is 1. The van der Waals surface area contributed by atoms with Crippen LogP contribution in [0.3, 0.4) is 0 Å². The van der Waals surface area contributed by atoms with Gasteiger partial charge in [0.2, 0.25) is 0 Å². The van der Waals surface area contributed by atoms with Crippen molar-refractivity contribution in [1.29, 1.82) is 0 Å². The molecule has 0 amide bonds. The predicted octanol–water partition coefficient (Wildman–Crippen LogP) is 5.97. The normalized spacial score (nSPS) is 14.5. The maximum atomic E-state index is 12.8. The third-order valence-electron chi connectivity index (χ3n) is 7.83. The number of carbonyl (C=O) groups excluding carboxylic acids is 1. The van der Waals surface area contributed by atoms with Crippen LogP contribution in [0.2, 0.25) is 5.04 Å². The van der Waals surface area contributed by atoms with Gasteiger partial charge in [0.05, 0.1) is 16.9 Å². The zero-order chi connectivity index (χ0) is 30.4. The van der Waals surface area contributed by atoms with E-state index in [4.69, 9.17) is 5.73 Å². The Hall–Kier alpha value is -4.46. The molecule has 0 saturated carbocycles. The lowest BCUT2D eigenvalue weighted by atomic mass is 9.86. The summed E-state index contributed by atoms with van der Waals surface area (Å²) in [6, 6.07) is 35.3. The second-order valence-corrected chi connectivity index (χ2v) is 16.1. The van der Waals surface area contributed by atoms with Crippen molar-refractivity contribution in [2.75, 3.05) is 17.7 Å². The third kappa shape index (κ3) is 7.13. The van der Waals surface area contributed by atoms with Gasteiger partial charge in [-0.2, -0.15) is 0 Å². The fourth-order valence-corrected chi connectivity index (χ4v) is 9.56. The maximum absolute atomic E-state index is 12.8. The van der Waals surface area contributed by atoms with Crippen LogP contribution in [0.5, 0.6) is 0 Å². The number of aliphatic hydroxyl groups is 1. The number of nitrogens with one attached hydrogen (secondary N) is 2. The molecule has 1 unspecified atom stereocenters. The van der Waals surface area contributed by atoms with Crippen LogP contribution < -0.4 is 21.4 Å². The number of nitrogen functional groups attached to an aromatic ring is 1. The number of nitrogens with zero attached hydrogens (tertiary/aromatic N) is 1. The van der Waals surface area contributed by atoms with Gasteiger partial charge >= 0.3 is 0 Å². The Morgan fingerprint density at radius 2 is 1.49 bits per heavy atom. The highest BCUT2D eigenvalue weighted by Crippen LogP contribution is 2.40. The number of ketones is 1. The molecule has 0 bridgehead atoms. The number of rotatable bonds is 6. The monoisotopic (exact) mass is 588 g/mol. The Balaban J connectivity index is 0.000000188. The van der Waals surface area contributed by atoms with Crippen molar-refractivity contribution in [3.63, 3.8) is 0 Å². The molecular weight excluding hydrogens is 549 g/mol. The Labute approximate surface area is 255 Å². The fourth-order valence-electron chi connectivity index (χ4n) is 5.96. The number of carbonyl (C=O) groups is 1. The molecule has 6 nitrogen and oxygen atoms in total. The first-order valence-corrected chi connectivity index (χ1v) is 16.5. The maximum Gasteiger partial charge on any atom is 0.167 e. The molecule has 0 fully saturated rings. The summed E-state index contributed by atoms with van der Waals surface area (Å²) in [5.74, 6) is 0.405. The molecular formula is C36H40N4O2Si. The Morgan fingerprint density at radius 1 is 0.907 bits per heavy atom. The van der Waals surface area contributed by atoms with E-state index in [1.165, 1.54) is 10.4 Å². The number of anilines is 3. The Bertz CT molecular complexity index is 1610. The molecule has 0 saturated heterocycles. The summed E-state index contributed by atoms with van der Waals surface area (Å²) in [5, 5.41) is 16.3. The molecule has 3 aromatic carbocycles. The number of fused-ring (bicyclic) bond motifs is 1. The molecule has 5 aromatic rings. The highest BCUT2D eigenvalue weighted by molar-refractivity contribution is 6.87. The second kappa shape index (κ2) is 13.2. The molecule has 1 atom stereocenters. The minimum atomic E-state index is -1.14. The van der Waals surface area contributed by atoms with Gasteiger partial charge in [0.25, 0.3) is 0 Å². The first-order valence-electron chi connectivity index (χ1n) is 14.8. The van der Waals surface area contributed by atoms with Crippen LogP contribution in [-0.2, 0) is 6.42 Å². The van der Waals surface area contributed by atoms with Gasteiger partial charge in [-0.15, -0.1) is 0 Å². The average Bonchev–Trinajstić information content (AvgIpc) is 3.37. The van der Waals surface area contributed by atoms with Crippen LogP contribution in [0.25, 0.3) is 11.3 Å². The number of aromatic amines is 1. The Kier molecular flexibility index (Phi) is 9.24. The van der Waals surface area contributed by atoms with Crippen molar-refractivity contribution in [3.8, 4) is 11.3 Å². The molecule has 1 aliphatic carbocycles. The summed E-state index contributed by atoms with van der Waals surface area (Å²) < 4.78 is 0. The van der Waals surface area contributed by atoms with Crippen molar-refractivity contribution in [1.82, 2.24) is 9.97 Å². The third-order valence-corrected chi connectivity index (χ3v) is 11.7. The zero-order valence-electron chi connectivity index (χ0n) is 25.0. The molecule has 5 N–H and O–H groups in total. The summed E-state index contributed by atoms with van der Waals surface area (Å²) in [7, 11) is -1.14. The zero-order valence-corrected chi connectivity index (χ0v) is 26.2. The van der Waals surface area contributed by atoms with Crippen molar-refractivity contribution in [2.45, 2.75) is 38.7 Å². The van der Waals surface area contributed by atoms with Gasteiger partial charge in [-0.25, -0.2) is 4.98 Å². The number of aliphatic hydroxyl groups excluding tert-OH is 1. The van der Waals surface area contributed by atoms with Crippen LogP contribution in [0.15, 0.2) is 109 Å². The highest BCUT2D eigenvalue weighted by Gasteiger charge is 2.32. The van der Waals surface area contributed by atoms with Gasteiger partial charge in [0.15, 0.2) is 5.78 Å². The van der Waals surface area contributed by atoms with E-state index in [0.29, 0.717) is 29.3 Å². The molecule has 1 aliphatic rings. The lowest BCUT2D eigenvalue weighted by Gasteiger charge is -2.30. The molecule has 2 heterocycles. The van der Waals surface area contributed by atoms with Crippen molar-refractivity contribution < 1.29 is 9.90 Å². The topological polar surface area (TPSA) is 104 Å². The van der Waals surface area contributed by atoms with Gasteiger partial charge in [0.1, 0.15) is 14.6 Å². The molecule has 0 aliphatic heterocycles. The number of hydrogen-bond acceptors (Lipinski definition) is 5. The molecule has 43 heavy (non-hydrogen) atoms. The standard InChI is InChI=1S/C20H20N4O2.C16H20Si/c21-17-10-13(6-7-22-17)19-20(23-14-4-2-1-3-5-14)18-15(24-19)8-12(11-25)9-16(18)26;1-16(2,3)17(14-10-6-4-7-11-14)15-12-8-5-9-13-15/h1-7,10,12,23-25H,8-9,11H2,(H2,21,22);4-13,17H,1-3H3. The largest absolute Gasteiger partial charge is 0.396 e. The van der Waals surface area contributed by atoms with Crippen molar-refractivity contribution in [3.05, 3.63) is 121 Å². The summed E-state index contributed by atoms with van der Waals surface area (Å²) in [5.41, 5.74) is 10.7. The number of hydrogen-bond donors (Lipinski definition) is 4. The fraction of sp³-hybridized carbons (Fsp3) is 0.222. The van der Waals surface area contributed by atoms with Crippen molar-refractivity contribution >= 4 is 42.1 Å². The number of para-hydroxylation sites is 1. The van der Waals surface area contributed by atoms with Gasteiger partial charge < -0.3 is 21.1 Å². The van der Waals surface area contributed by atoms with E-state index in [9.17, 15) is 9.90 Å². The molecule has 220 valence electrons. The quantitative estimate of drug-likeness (QED) is 0.183. The van der Waals surface area contributed by atoms with E-state index in [1.54, 1.807) is 12.3 Å². The van der Waals surface area contributed by atoms with Crippen LogP contribution in [0.1, 0.15) is 43.2 Å². The van der Waals surface area contributed by atoms with Gasteiger partial charge in [-0.3, -0.25) is 4.79 Å². The number of nitrogens with two attached hydrogens (primary N) is 1.